The molecule has 1 aromatic heterocycles. The molecule has 19 heavy (non-hydrogen) atoms. The van der Waals surface area contributed by atoms with E-state index in [0.29, 0.717) is 17.9 Å². The molecule has 0 saturated heterocycles. The summed E-state index contributed by atoms with van der Waals surface area (Å²) in [5, 5.41) is 10.2. The summed E-state index contributed by atoms with van der Waals surface area (Å²) in [6, 6.07) is 5.98. The van der Waals surface area contributed by atoms with E-state index in [0.717, 1.165) is 0 Å². The third kappa shape index (κ3) is 3.08. The molecule has 1 heterocycles. The van der Waals surface area contributed by atoms with E-state index < -0.39 is 12.7 Å². The molecule has 1 aromatic carbocycles. The van der Waals surface area contributed by atoms with Crippen LogP contribution in [0, 0.1) is 0 Å². The zero-order valence-corrected chi connectivity index (χ0v) is 10.3. The number of halogens is 2. The molecule has 102 valence electrons. The number of aryl methyl sites for hydroxylation is 1. The Labute approximate surface area is 109 Å². The van der Waals surface area contributed by atoms with Crippen LogP contribution < -0.4 is 4.74 Å². The van der Waals surface area contributed by atoms with E-state index in [4.69, 9.17) is 0 Å². The first kappa shape index (κ1) is 13.5. The normalized spacial score (nSPS) is 12.7. The van der Waals surface area contributed by atoms with Crippen LogP contribution in [-0.2, 0) is 6.54 Å². The van der Waals surface area contributed by atoms with Crippen LogP contribution >= 0.6 is 0 Å². The molecule has 0 aliphatic carbocycles. The smallest absolute Gasteiger partial charge is 0.387 e. The Hall–Kier alpha value is -1.95. The molecule has 4 nitrogen and oxygen atoms in total. The number of aliphatic hydroxyl groups excluding tert-OH is 1. The maximum Gasteiger partial charge on any atom is 0.387 e. The number of alkyl halides is 2. The van der Waals surface area contributed by atoms with Gasteiger partial charge >= 0.3 is 6.61 Å². The van der Waals surface area contributed by atoms with Crippen LogP contribution in [0.1, 0.15) is 24.4 Å². The summed E-state index contributed by atoms with van der Waals surface area (Å²) in [5.41, 5.74) is 0.457. The fourth-order valence-electron chi connectivity index (χ4n) is 1.85. The van der Waals surface area contributed by atoms with Crippen molar-refractivity contribution in [2.45, 2.75) is 26.2 Å². The molecule has 0 aliphatic rings. The second-order valence-corrected chi connectivity index (χ2v) is 3.92. The van der Waals surface area contributed by atoms with Crippen molar-refractivity contribution in [2.24, 2.45) is 0 Å². The van der Waals surface area contributed by atoms with Gasteiger partial charge in [0.2, 0.25) is 0 Å². The van der Waals surface area contributed by atoms with E-state index in [2.05, 4.69) is 9.72 Å². The van der Waals surface area contributed by atoms with Gasteiger partial charge in [0.05, 0.1) is 0 Å². The SMILES string of the molecule is CCn1ccnc1C(O)c1cccc(OC(F)F)c1. The molecule has 1 atom stereocenters. The van der Waals surface area contributed by atoms with Crippen LogP contribution in [0.15, 0.2) is 36.7 Å². The summed E-state index contributed by atoms with van der Waals surface area (Å²) in [4.78, 5) is 4.08. The van der Waals surface area contributed by atoms with Gasteiger partial charge in [-0.05, 0) is 24.6 Å². The van der Waals surface area contributed by atoms with Crippen LogP contribution in [0.5, 0.6) is 5.75 Å². The summed E-state index contributed by atoms with van der Waals surface area (Å²) in [6.45, 7) is -0.293. The Bertz CT molecular complexity index is 543. The summed E-state index contributed by atoms with van der Waals surface area (Å²) >= 11 is 0. The Morgan fingerprint density at radius 1 is 1.42 bits per heavy atom. The second-order valence-electron chi connectivity index (χ2n) is 3.92. The Kier molecular flexibility index (Phi) is 4.11. The fraction of sp³-hybridized carbons (Fsp3) is 0.308. The van der Waals surface area contributed by atoms with Gasteiger partial charge in [-0.3, -0.25) is 0 Å². The molecule has 6 heteroatoms. The third-order valence-electron chi connectivity index (χ3n) is 2.73. The number of aliphatic hydroxyl groups is 1. The van der Waals surface area contributed by atoms with Gasteiger partial charge in [0.15, 0.2) is 0 Å². The van der Waals surface area contributed by atoms with Crippen molar-refractivity contribution in [3.63, 3.8) is 0 Å². The lowest BCUT2D eigenvalue weighted by molar-refractivity contribution is -0.0499. The molecule has 1 unspecified atom stereocenters. The predicted octanol–water partition coefficient (Wildman–Crippen LogP) is 2.59. The first-order valence-corrected chi connectivity index (χ1v) is 5.85. The lowest BCUT2D eigenvalue weighted by Gasteiger charge is -2.13. The molecule has 1 N–H and O–H groups in total. The second kappa shape index (κ2) is 5.79. The lowest BCUT2D eigenvalue weighted by Crippen LogP contribution is -2.09. The average Bonchev–Trinajstić information content (AvgIpc) is 2.85. The highest BCUT2D eigenvalue weighted by atomic mass is 19.3. The average molecular weight is 268 g/mol. The van der Waals surface area contributed by atoms with Gasteiger partial charge in [0, 0.05) is 18.9 Å². The zero-order valence-electron chi connectivity index (χ0n) is 10.3. The van der Waals surface area contributed by atoms with Crippen LogP contribution in [0.25, 0.3) is 0 Å². The van der Waals surface area contributed by atoms with E-state index in [1.807, 2.05) is 6.92 Å². The van der Waals surface area contributed by atoms with Crippen LogP contribution in [-0.4, -0.2) is 21.3 Å². The third-order valence-corrected chi connectivity index (χ3v) is 2.73. The highest BCUT2D eigenvalue weighted by molar-refractivity contribution is 5.32. The molecule has 0 spiro atoms. The highest BCUT2D eigenvalue weighted by Gasteiger charge is 2.16. The number of nitrogens with zero attached hydrogens (tertiary/aromatic N) is 2. The van der Waals surface area contributed by atoms with Gasteiger partial charge in [0.25, 0.3) is 0 Å². The van der Waals surface area contributed by atoms with Gasteiger partial charge in [0.1, 0.15) is 17.7 Å². The molecular weight excluding hydrogens is 254 g/mol. The summed E-state index contributed by atoms with van der Waals surface area (Å²) in [7, 11) is 0. The van der Waals surface area contributed by atoms with E-state index in [9.17, 15) is 13.9 Å². The standard InChI is InChI=1S/C13H14F2N2O2/c1-2-17-7-6-16-12(17)11(18)9-4-3-5-10(8-9)19-13(14)15/h3-8,11,13,18H,2H2,1H3. The zero-order chi connectivity index (χ0) is 13.8. The molecule has 0 bridgehead atoms. The molecule has 0 amide bonds. The molecule has 0 radical (unpaired) electrons. The number of ether oxygens (including phenoxy) is 1. The number of benzene rings is 1. The van der Waals surface area contributed by atoms with E-state index >= 15 is 0 Å². The quantitative estimate of drug-likeness (QED) is 0.906. The van der Waals surface area contributed by atoms with Crippen LogP contribution in [0.4, 0.5) is 8.78 Å². The fourth-order valence-corrected chi connectivity index (χ4v) is 1.85. The van der Waals surface area contributed by atoms with Gasteiger partial charge in [-0.15, -0.1) is 0 Å². The van der Waals surface area contributed by atoms with Crippen molar-refractivity contribution in [2.75, 3.05) is 0 Å². The van der Waals surface area contributed by atoms with E-state index in [1.165, 1.54) is 12.1 Å². The van der Waals surface area contributed by atoms with Crippen molar-refractivity contribution in [3.8, 4) is 5.75 Å². The van der Waals surface area contributed by atoms with Crippen molar-refractivity contribution in [1.29, 1.82) is 0 Å². The maximum atomic E-state index is 12.1. The Morgan fingerprint density at radius 3 is 2.89 bits per heavy atom. The molecule has 2 aromatic rings. The summed E-state index contributed by atoms with van der Waals surface area (Å²) < 4.78 is 30.4. The van der Waals surface area contributed by atoms with E-state index in [1.54, 1.807) is 29.1 Å². The Morgan fingerprint density at radius 2 is 2.21 bits per heavy atom. The van der Waals surface area contributed by atoms with Crippen LogP contribution in [0.2, 0.25) is 0 Å². The molecule has 0 fully saturated rings. The molecule has 2 rings (SSSR count). The van der Waals surface area contributed by atoms with Gasteiger partial charge < -0.3 is 14.4 Å². The van der Waals surface area contributed by atoms with Crippen LogP contribution in [0.3, 0.4) is 0 Å². The van der Waals surface area contributed by atoms with Gasteiger partial charge in [-0.25, -0.2) is 4.98 Å². The Balaban J connectivity index is 2.26. The van der Waals surface area contributed by atoms with Gasteiger partial charge in [-0.2, -0.15) is 8.78 Å². The van der Waals surface area contributed by atoms with Gasteiger partial charge in [-0.1, -0.05) is 12.1 Å². The van der Waals surface area contributed by atoms with Crippen molar-refractivity contribution < 1.29 is 18.6 Å². The van der Waals surface area contributed by atoms with Crippen molar-refractivity contribution in [1.82, 2.24) is 9.55 Å². The van der Waals surface area contributed by atoms with Crippen molar-refractivity contribution >= 4 is 0 Å². The topological polar surface area (TPSA) is 47.3 Å². The minimum absolute atomic E-state index is 0.0150. The number of hydrogen-bond acceptors (Lipinski definition) is 3. The number of aromatic nitrogens is 2. The first-order valence-electron chi connectivity index (χ1n) is 5.85. The largest absolute Gasteiger partial charge is 0.435 e. The molecule has 0 saturated carbocycles. The summed E-state index contributed by atoms with van der Waals surface area (Å²) in [5.74, 6) is 0.484. The maximum absolute atomic E-state index is 12.1. The molecule has 0 aliphatic heterocycles. The van der Waals surface area contributed by atoms with Crippen molar-refractivity contribution in [3.05, 3.63) is 48.0 Å². The minimum Gasteiger partial charge on any atom is -0.435 e. The number of hydrogen-bond donors (Lipinski definition) is 1. The summed E-state index contributed by atoms with van der Waals surface area (Å²) in [6.07, 6.45) is 2.36. The monoisotopic (exact) mass is 268 g/mol. The van der Waals surface area contributed by atoms with E-state index in [-0.39, 0.29) is 5.75 Å². The molecular formula is C13H14F2N2O2. The number of rotatable bonds is 5. The first-order chi connectivity index (χ1) is 9.11. The highest BCUT2D eigenvalue weighted by Crippen LogP contribution is 2.24. The number of imidazole rings is 1. The lowest BCUT2D eigenvalue weighted by atomic mass is 10.1. The minimum atomic E-state index is -2.88. The predicted molar refractivity (Wildman–Crippen MR) is 65.0 cm³/mol.